The van der Waals surface area contributed by atoms with Crippen molar-refractivity contribution in [2.45, 2.75) is 70.4 Å². The van der Waals surface area contributed by atoms with Crippen molar-refractivity contribution in [1.29, 1.82) is 0 Å². The number of nitrogens with one attached hydrogen (secondary N) is 2. The Hall–Kier alpha value is -0.0800. The molecule has 1 spiro atoms. The van der Waals surface area contributed by atoms with Crippen LogP contribution in [0.5, 0.6) is 0 Å². The highest BCUT2D eigenvalue weighted by Crippen LogP contribution is 2.53. The van der Waals surface area contributed by atoms with E-state index in [4.69, 9.17) is 4.74 Å². The zero-order chi connectivity index (χ0) is 17.7. The molecule has 26 heavy (non-hydrogen) atoms. The Morgan fingerprint density at radius 3 is 2.65 bits per heavy atom. The summed E-state index contributed by atoms with van der Waals surface area (Å²) >= 11 is 0. The number of piperidine rings is 1. The summed E-state index contributed by atoms with van der Waals surface area (Å²) in [5, 5.41) is 7.35. The first-order valence-electron chi connectivity index (χ1n) is 10.4. The van der Waals surface area contributed by atoms with Crippen molar-refractivity contribution in [2.24, 2.45) is 16.3 Å². The maximum absolute atomic E-state index is 6.08. The lowest BCUT2D eigenvalue weighted by molar-refractivity contribution is -0.145. The Labute approximate surface area is 177 Å². The van der Waals surface area contributed by atoms with Gasteiger partial charge in [-0.15, -0.1) is 24.0 Å². The summed E-state index contributed by atoms with van der Waals surface area (Å²) in [4.78, 5) is 6.95. The molecule has 2 saturated carbocycles. The molecule has 3 atom stereocenters. The molecule has 3 unspecified atom stereocenters. The zero-order valence-corrected chi connectivity index (χ0v) is 19.3. The molecule has 1 saturated heterocycles. The van der Waals surface area contributed by atoms with Crippen LogP contribution in [0.2, 0.25) is 0 Å². The lowest BCUT2D eigenvalue weighted by Crippen LogP contribution is -2.66. The Morgan fingerprint density at radius 1 is 1.23 bits per heavy atom. The first-order valence-corrected chi connectivity index (χ1v) is 10.4. The average molecular weight is 478 g/mol. The highest BCUT2D eigenvalue weighted by Gasteiger charge is 2.55. The minimum atomic E-state index is 0. The van der Waals surface area contributed by atoms with Crippen molar-refractivity contribution >= 4 is 29.9 Å². The number of guanidine groups is 1. The summed E-state index contributed by atoms with van der Waals surface area (Å²) in [5.41, 5.74) is 0.344. The minimum absolute atomic E-state index is 0. The monoisotopic (exact) mass is 478 g/mol. The van der Waals surface area contributed by atoms with Crippen LogP contribution in [-0.4, -0.2) is 63.3 Å². The summed E-state index contributed by atoms with van der Waals surface area (Å²) in [5.74, 6) is 1.72. The van der Waals surface area contributed by atoms with E-state index in [1.807, 2.05) is 7.05 Å². The molecule has 3 fully saturated rings. The molecule has 5 nitrogen and oxygen atoms in total. The second-order valence-electron chi connectivity index (χ2n) is 8.39. The lowest BCUT2D eigenvalue weighted by Gasteiger charge is -2.58. The number of ether oxygens (including phenoxy) is 1. The first-order chi connectivity index (χ1) is 12.2. The number of rotatable bonds is 5. The number of hydrogen-bond donors (Lipinski definition) is 2. The van der Waals surface area contributed by atoms with E-state index in [-0.39, 0.29) is 24.0 Å². The van der Waals surface area contributed by atoms with Gasteiger partial charge in [0.25, 0.3) is 0 Å². The van der Waals surface area contributed by atoms with Gasteiger partial charge in [-0.2, -0.15) is 0 Å². The fourth-order valence-corrected chi connectivity index (χ4v) is 5.31. The fraction of sp³-hybridized carbons (Fsp3) is 0.950. The van der Waals surface area contributed by atoms with E-state index >= 15 is 0 Å². The summed E-state index contributed by atoms with van der Waals surface area (Å²) in [6.07, 6.45) is 10.9. The molecule has 3 aliphatic rings. The maximum Gasteiger partial charge on any atom is 0.191 e. The Morgan fingerprint density at radius 2 is 2.00 bits per heavy atom. The van der Waals surface area contributed by atoms with E-state index in [1.165, 1.54) is 58.0 Å². The molecule has 0 bridgehead atoms. The predicted molar refractivity (Wildman–Crippen MR) is 119 cm³/mol. The number of halogens is 1. The van der Waals surface area contributed by atoms with Gasteiger partial charge in [-0.3, -0.25) is 4.99 Å². The molecular formula is C20H39IN4O. The molecule has 6 heteroatoms. The van der Waals surface area contributed by atoms with Crippen molar-refractivity contribution in [3.8, 4) is 0 Å². The molecule has 2 N–H and O–H groups in total. The third-order valence-corrected chi connectivity index (χ3v) is 6.75. The van der Waals surface area contributed by atoms with Crippen molar-refractivity contribution in [3.05, 3.63) is 0 Å². The molecule has 152 valence electrons. The second kappa shape index (κ2) is 10.5. The zero-order valence-electron chi connectivity index (χ0n) is 16.9. The average Bonchev–Trinajstić information content (AvgIpc) is 2.64. The van der Waals surface area contributed by atoms with Crippen molar-refractivity contribution < 1.29 is 4.74 Å². The first kappa shape index (κ1) is 22.2. The Kier molecular flexibility index (Phi) is 8.94. The van der Waals surface area contributed by atoms with E-state index in [0.29, 0.717) is 17.6 Å². The third-order valence-electron chi connectivity index (χ3n) is 6.75. The van der Waals surface area contributed by atoms with Crippen molar-refractivity contribution in [3.63, 3.8) is 0 Å². The molecule has 0 aromatic carbocycles. The SMILES string of the molecule is CCOC1CC(NC(=NC)NCC2CCCN(C)C2)C12CCCCC2.I. The molecule has 1 aliphatic heterocycles. The van der Waals surface area contributed by atoms with Gasteiger partial charge in [0.05, 0.1) is 6.10 Å². The molecule has 2 aliphatic carbocycles. The van der Waals surface area contributed by atoms with Crippen LogP contribution >= 0.6 is 24.0 Å². The molecule has 0 radical (unpaired) electrons. The third kappa shape index (κ3) is 5.04. The smallest absolute Gasteiger partial charge is 0.191 e. The van der Waals surface area contributed by atoms with Crippen LogP contribution in [0.15, 0.2) is 4.99 Å². The largest absolute Gasteiger partial charge is 0.378 e. The highest BCUT2D eigenvalue weighted by molar-refractivity contribution is 14.0. The van der Waals surface area contributed by atoms with Crippen molar-refractivity contribution in [2.75, 3.05) is 40.3 Å². The summed E-state index contributed by atoms with van der Waals surface area (Å²) < 4.78 is 6.08. The Bertz CT molecular complexity index is 453. The van der Waals surface area contributed by atoms with Crippen LogP contribution in [0.25, 0.3) is 0 Å². The summed E-state index contributed by atoms with van der Waals surface area (Å²) in [7, 11) is 4.13. The van der Waals surface area contributed by atoms with E-state index in [0.717, 1.165) is 31.4 Å². The van der Waals surface area contributed by atoms with E-state index in [9.17, 15) is 0 Å². The quantitative estimate of drug-likeness (QED) is 0.362. The van der Waals surface area contributed by atoms with Crippen LogP contribution in [0.1, 0.15) is 58.3 Å². The summed E-state index contributed by atoms with van der Waals surface area (Å²) in [6.45, 7) is 6.43. The molecule has 0 aromatic rings. The van der Waals surface area contributed by atoms with E-state index in [2.05, 4.69) is 34.5 Å². The predicted octanol–water partition coefficient (Wildman–Crippen LogP) is 3.24. The van der Waals surface area contributed by atoms with Crippen LogP contribution in [-0.2, 0) is 4.74 Å². The van der Waals surface area contributed by atoms with Gasteiger partial charge in [0.15, 0.2) is 5.96 Å². The molecular weight excluding hydrogens is 439 g/mol. The maximum atomic E-state index is 6.08. The number of aliphatic imine (C=N–C) groups is 1. The van der Waals surface area contributed by atoms with Gasteiger partial charge in [-0.05, 0) is 58.5 Å². The number of nitrogens with zero attached hydrogens (tertiary/aromatic N) is 2. The Balaban J connectivity index is 0.00000243. The van der Waals surface area contributed by atoms with E-state index in [1.54, 1.807) is 0 Å². The van der Waals surface area contributed by atoms with Crippen LogP contribution in [0.3, 0.4) is 0 Å². The van der Waals surface area contributed by atoms with Crippen LogP contribution in [0.4, 0.5) is 0 Å². The normalized spacial score (nSPS) is 31.8. The van der Waals surface area contributed by atoms with Crippen LogP contribution in [0, 0.1) is 11.3 Å². The second-order valence-corrected chi connectivity index (χ2v) is 8.39. The van der Waals surface area contributed by atoms with Gasteiger partial charge in [0.1, 0.15) is 0 Å². The van der Waals surface area contributed by atoms with Gasteiger partial charge < -0.3 is 20.3 Å². The van der Waals surface area contributed by atoms with Gasteiger partial charge in [-0.25, -0.2) is 0 Å². The number of likely N-dealkylation sites (tertiary alicyclic amines) is 1. The van der Waals surface area contributed by atoms with Gasteiger partial charge >= 0.3 is 0 Å². The highest BCUT2D eigenvalue weighted by atomic mass is 127. The van der Waals surface area contributed by atoms with Crippen molar-refractivity contribution in [1.82, 2.24) is 15.5 Å². The topological polar surface area (TPSA) is 48.9 Å². The number of hydrogen-bond acceptors (Lipinski definition) is 3. The van der Waals surface area contributed by atoms with Gasteiger partial charge in [0.2, 0.25) is 0 Å². The van der Waals surface area contributed by atoms with Gasteiger partial charge in [-0.1, -0.05) is 19.3 Å². The molecule has 1 heterocycles. The molecule has 0 aromatic heterocycles. The summed E-state index contributed by atoms with van der Waals surface area (Å²) in [6, 6.07) is 0.518. The fourth-order valence-electron chi connectivity index (χ4n) is 5.31. The van der Waals surface area contributed by atoms with E-state index < -0.39 is 0 Å². The van der Waals surface area contributed by atoms with Gasteiger partial charge in [0, 0.05) is 38.2 Å². The lowest BCUT2D eigenvalue weighted by atomic mass is 9.55. The molecule has 0 amide bonds. The standard InChI is InChI=1S/C20H38N4O.HI/c1-4-25-18-13-17(20(18)10-6-5-7-11-20)23-19(21-2)22-14-16-9-8-12-24(3)15-16;/h16-18H,4-15H2,1-3H3,(H2,21,22,23);1H. The minimum Gasteiger partial charge on any atom is -0.378 e. The molecule has 3 rings (SSSR count). The van der Waals surface area contributed by atoms with Crippen LogP contribution < -0.4 is 10.6 Å².